The molecule has 1 aliphatic heterocycles. The second kappa shape index (κ2) is 6.47. The molecule has 2 saturated carbocycles. The summed E-state index contributed by atoms with van der Waals surface area (Å²) in [6, 6.07) is 7.53. The standard InChI is InChI=1S/C22H24N2O4/c1-28-14-6-7-19-15(8-14)16(9-20(23-19)13-4-5-13)21(25)24-10-17(12-2-3-12)18(11-24)22(26)27/h6-9,12-13,17-18H,2-5,10-11H2,1H3,(H,26,27)/t17-,18+/m1/s1. The third-order valence-electron chi connectivity index (χ3n) is 6.46. The van der Waals surface area contributed by atoms with Crippen LogP contribution in [0.1, 0.15) is 47.7 Å². The maximum absolute atomic E-state index is 13.5. The first-order valence-electron chi connectivity index (χ1n) is 10.1. The fourth-order valence-corrected chi connectivity index (χ4v) is 4.55. The van der Waals surface area contributed by atoms with Crippen LogP contribution in [0.25, 0.3) is 10.9 Å². The molecule has 146 valence electrons. The largest absolute Gasteiger partial charge is 0.497 e. The van der Waals surface area contributed by atoms with Gasteiger partial charge in [-0.2, -0.15) is 0 Å². The number of hydrogen-bond acceptors (Lipinski definition) is 4. The van der Waals surface area contributed by atoms with E-state index >= 15 is 0 Å². The Balaban J connectivity index is 1.53. The average Bonchev–Trinajstić information content (AvgIpc) is 3.63. The Morgan fingerprint density at radius 2 is 1.93 bits per heavy atom. The monoisotopic (exact) mass is 380 g/mol. The number of rotatable bonds is 5. The number of carboxylic acids is 1. The fourth-order valence-electron chi connectivity index (χ4n) is 4.55. The minimum absolute atomic E-state index is 0.0759. The maximum atomic E-state index is 13.5. The number of fused-ring (bicyclic) bond motifs is 1. The molecule has 2 aliphatic carbocycles. The van der Waals surface area contributed by atoms with Crippen LogP contribution < -0.4 is 4.74 Å². The molecule has 0 unspecified atom stereocenters. The van der Waals surface area contributed by atoms with Crippen molar-refractivity contribution in [3.63, 3.8) is 0 Å². The van der Waals surface area contributed by atoms with E-state index in [4.69, 9.17) is 9.72 Å². The number of aliphatic carboxylic acids is 1. The highest BCUT2D eigenvalue weighted by molar-refractivity contribution is 6.07. The van der Waals surface area contributed by atoms with Crippen LogP contribution in [0, 0.1) is 17.8 Å². The molecule has 1 aromatic carbocycles. The van der Waals surface area contributed by atoms with Crippen molar-refractivity contribution < 1.29 is 19.4 Å². The molecule has 0 spiro atoms. The van der Waals surface area contributed by atoms with E-state index < -0.39 is 11.9 Å². The number of benzene rings is 1. The number of carbonyl (C=O) groups excluding carboxylic acids is 1. The van der Waals surface area contributed by atoms with Crippen molar-refractivity contribution in [3.8, 4) is 5.75 Å². The lowest BCUT2D eigenvalue weighted by molar-refractivity contribution is -0.142. The summed E-state index contributed by atoms with van der Waals surface area (Å²) >= 11 is 0. The SMILES string of the molecule is COc1ccc2nc(C3CC3)cc(C(=O)N3C[C@H](C(=O)O)[C@@H](C4CC4)C3)c2c1. The highest BCUT2D eigenvalue weighted by atomic mass is 16.5. The molecule has 2 atom stereocenters. The normalized spacial score (nSPS) is 24.5. The van der Waals surface area contributed by atoms with Crippen molar-refractivity contribution in [1.82, 2.24) is 9.88 Å². The van der Waals surface area contributed by atoms with Gasteiger partial charge in [0, 0.05) is 30.1 Å². The number of pyridine rings is 1. The zero-order valence-electron chi connectivity index (χ0n) is 15.9. The molecule has 0 bridgehead atoms. The van der Waals surface area contributed by atoms with Crippen LogP contribution in [-0.4, -0.2) is 47.1 Å². The Bertz CT molecular complexity index is 964. The predicted octanol–water partition coefficient (Wildman–Crippen LogP) is 3.30. The average molecular weight is 380 g/mol. The molecular weight excluding hydrogens is 356 g/mol. The van der Waals surface area contributed by atoms with Crippen molar-refractivity contribution in [3.05, 3.63) is 35.5 Å². The molecule has 3 fully saturated rings. The Hall–Kier alpha value is -2.63. The van der Waals surface area contributed by atoms with Gasteiger partial charge in [0.25, 0.3) is 5.91 Å². The lowest BCUT2D eigenvalue weighted by Gasteiger charge is -2.18. The van der Waals surface area contributed by atoms with Gasteiger partial charge in [0.1, 0.15) is 5.75 Å². The zero-order chi connectivity index (χ0) is 19.4. The number of carbonyl (C=O) groups is 2. The number of methoxy groups -OCH3 is 1. The molecule has 3 aliphatic rings. The molecule has 6 nitrogen and oxygen atoms in total. The molecule has 2 heterocycles. The summed E-state index contributed by atoms with van der Waals surface area (Å²) in [6.07, 6.45) is 4.38. The minimum atomic E-state index is -0.785. The van der Waals surface area contributed by atoms with E-state index in [1.54, 1.807) is 12.0 Å². The van der Waals surface area contributed by atoms with E-state index in [1.807, 2.05) is 24.3 Å². The third kappa shape index (κ3) is 3.01. The molecular formula is C22H24N2O4. The summed E-state index contributed by atoms with van der Waals surface area (Å²) in [4.78, 5) is 31.7. The van der Waals surface area contributed by atoms with Gasteiger partial charge in [-0.1, -0.05) is 0 Å². The second-order valence-corrected chi connectivity index (χ2v) is 8.41. The molecule has 1 N–H and O–H groups in total. The molecule has 1 amide bonds. The molecule has 28 heavy (non-hydrogen) atoms. The van der Waals surface area contributed by atoms with Crippen LogP contribution in [0.3, 0.4) is 0 Å². The van der Waals surface area contributed by atoms with Gasteiger partial charge < -0.3 is 14.7 Å². The van der Waals surface area contributed by atoms with E-state index in [0.717, 1.165) is 42.3 Å². The topological polar surface area (TPSA) is 79.7 Å². The first-order chi connectivity index (χ1) is 13.5. The number of ether oxygens (including phenoxy) is 1. The van der Waals surface area contributed by atoms with Gasteiger partial charge in [-0.3, -0.25) is 14.6 Å². The van der Waals surface area contributed by atoms with E-state index in [2.05, 4.69) is 0 Å². The Labute approximate surface area is 163 Å². The van der Waals surface area contributed by atoms with Crippen molar-refractivity contribution in [2.24, 2.45) is 17.8 Å². The molecule has 6 heteroatoms. The second-order valence-electron chi connectivity index (χ2n) is 8.41. The van der Waals surface area contributed by atoms with Gasteiger partial charge in [0.2, 0.25) is 0 Å². The summed E-state index contributed by atoms with van der Waals surface area (Å²) < 4.78 is 5.35. The quantitative estimate of drug-likeness (QED) is 0.861. The molecule has 1 aromatic heterocycles. The van der Waals surface area contributed by atoms with Gasteiger partial charge in [-0.25, -0.2) is 0 Å². The Kier molecular flexibility index (Phi) is 4.03. The molecule has 5 rings (SSSR count). The first kappa shape index (κ1) is 17.5. The number of amides is 1. The number of likely N-dealkylation sites (tertiary alicyclic amines) is 1. The number of nitrogens with zero attached hydrogens (tertiary/aromatic N) is 2. The van der Waals surface area contributed by atoms with Crippen molar-refractivity contribution in [1.29, 1.82) is 0 Å². The summed E-state index contributed by atoms with van der Waals surface area (Å²) in [5.74, 6) is 0.319. The van der Waals surface area contributed by atoms with Gasteiger partial charge in [-0.05, 0) is 61.8 Å². The fraction of sp³-hybridized carbons (Fsp3) is 0.500. The number of aromatic nitrogens is 1. The van der Waals surface area contributed by atoms with Crippen molar-refractivity contribution >= 4 is 22.8 Å². The molecule has 1 saturated heterocycles. The smallest absolute Gasteiger partial charge is 0.308 e. The molecule has 0 radical (unpaired) electrons. The van der Waals surface area contributed by atoms with Gasteiger partial charge in [-0.15, -0.1) is 0 Å². The van der Waals surface area contributed by atoms with E-state index in [0.29, 0.717) is 36.2 Å². The summed E-state index contributed by atoms with van der Waals surface area (Å²) in [5.41, 5.74) is 2.38. The van der Waals surface area contributed by atoms with Crippen molar-refractivity contribution in [2.75, 3.05) is 20.2 Å². The summed E-state index contributed by atoms with van der Waals surface area (Å²) in [7, 11) is 1.60. The number of carboxylic acid groups (broad SMARTS) is 1. The first-order valence-corrected chi connectivity index (χ1v) is 10.1. The van der Waals surface area contributed by atoms with E-state index in [-0.39, 0.29) is 11.8 Å². The Morgan fingerprint density at radius 3 is 2.57 bits per heavy atom. The van der Waals surface area contributed by atoms with Crippen LogP contribution >= 0.6 is 0 Å². The van der Waals surface area contributed by atoms with Gasteiger partial charge in [0.15, 0.2) is 0 Å². The van der Waals surface area contributed by atoms with Crippen LogP contribution in [0.15, 0.2) is 24.3 Å². The zero-order valence-corrected chi connectivity index (χ0v) is 15.9. The number of hydrogen-bond donors (Lipinski definition) is 1. The van der Waals surface area contributed by atoms with E-state index in [1.165, 1.54) is 0 Å². The Morgan fingerprint density at radius 1 is 1.14 bits per heavy atom. The lowest BCUT2D eigenvalue weighted by atomic mass is 9.92. The summed E-state index contributed by atoms with van der Waals surface area (Å²) in [6.45, 7) is 0.828. The lowest BCUT2D eigenvalue weighted by Crippen LogP contribution is -2.30. The highest BCUT2D eigenvalue weighted by Crippen LogP contribution is 2.45. The van der Waals surface area contributed by atoms with Gasteiger partial charge in [0.05, 0.1) is 24.1 Å². The van der Waals surface area contributed by atoms with Gasteiger partial charge >= 0.3 is 5.97 Å². The third-order valence-corrected chi connectivity index (χ3v) is 6.46. The predicted molar refractivity (Wildman–Crippen MR) is 104 cm³/mol. The minimum Gasteiger partial charge on any atom is -0.497 e. The van der Waals surface area contributed by atoms with Crippen LogP contribution in [0.2, 0.25) is 0 Å². The highest BCUT2D eigenvalue weighted by Gasteiger charge is 2.47. The molecule has 2 aromatic rings. The van der Waals surface area contributed by atoms with Crippen LogP contribution in [-0.2, 0) is 4.79 Å². The van der Waals surface area contributed by atoms with Crippen LogP contribution in [0.5, 0.6) is 5.75 Å². The van der Waals surface area contributed by atoms with E-state index in [9.17, 15) is 14.7 Å². The van der Waals surface area contributed by atoms with Crippen molar-refractivity contribution in [2.45, 2.75) is 31.6 Å². The maximum Gasteiger partial charge on any atom is 0.308 e. The summed E-state index contributed by atoms with van der Waals surface area (Å²) in [5, 5.41) is 10.4. The van der Waals surface area contributed by atoms with Crippen LogP contribution in [0.4, 0.5) is 0 Å².